The second-order valence-corrected chi connectivity index (χ2v) is 8.40. The molecule has 1 fully saturated rings. The first-order valence-electron chi connectivity index (χ1n) is 7.86. The van der Waals surface area contributed by atoms with Crippen LogP contribution in [0.4, 0.5) is 0 Å². The molecule has 1 aliphatic heterocycles. The molecule has 0 bridgehead atoms. The SMILES string of the molecule is Cc1ccc(S(=O)(=O)N2C=C[C@@]3(c4ccccc4)C[C@H]3C2)cc1. The molecule has 23 heavy (non-hydrogen) atoms. The summed E-state index contributed by atoms with van der Waals surface area (Å²) >= 11 is 0. The van der Waals surface area contributed by atoms with Crippen molar-refractivity contribution < 1.29 is 8.42 Å². The number of aryl methyl sites for hydroxylation is 1. The van der Waals surface area contributed by atoms with E-state index in [0.717, 1.165) is 12.0 Å². The Bertz CT molecular complexity index is 856. The fraction of sp³-hybridized carbons (Fsp3) is 0.263. The highest BCUT2D eigenvalue weighted by molar-refractivity contribution is 7.89. The molecular formula is C19H19NO2S. The standard InChI is InChI=1S/C19H19NO2S/c1-15-7-9-18(10-8-15)23(21,22)20-12-11-19(13-17(19)14-20)16-5-3-2-4-6-16/h2-12,17H,13-14H2,1H3/t17-,19-/m0/s1. The lowest BCUT2D eigenvalue weighted by molar-refractivity contribution is 0.451. The zero-order valence-electron chi connectivity index (χ0n) is 13.0. The van der Waals surface area contributed by atoms with Gasteiger partial charge in [-0.3, -0.25) is 4.31 Å². The van der Waals surface area contributed by atoms with Gasteiger partial charge in [0.05, 0.1) is 4.90 Å². The molecular weight excluding hydrogens is 306 g/mol. The predicted octanol–water partition coefficient (Wildman–Crippen LogP) is 3.47. The Labute approximate surface area is 137 Å². The predicted molar refractivity (Wildman–Crippen MR) is 90.4 cm³/mol. The van der Waals surface area contributed by atoms with Crippen LogP contribution in [0, 0.1) is 12.8 Å². The van der Waals surface area contributed by atoms with Crippen molar-refractivity contribution >= 4 is 10.0 Å². The molecule has 0 spiro atoms. The number of nitrogens with zero attached hydrogens (tertiary/aromatic N) is 1. The van der Waals surface area contributed by atoms with E-state index in [9.17, 15) is 8.42 Å². The zero-order chi connectivity index (χ0) is 16.1. The first kappa shape index (κ1) is 14.5. The van der Waals surface area contributed by atoms with E-state index in [-0.39, 0.29) is 5.41 Å². The summed E-state index contributed by atoms with van der Waals surface area (Å²) in [6.07, 6.45) is 4.85. The number of hydrogen-bond donors (Lipinski definition) is 0. The lowest BCUT2D eigenvalue weighted by atomic mass is 9.92. The fourth-order valence-electron chi connectivity index (χ4n) is 3.50. The molecule has 2 aliphatic rings. The third-order valence-corrected chi connectivity index (χ3v) is 6.79. The van der Waals surface area contributed by atoms with Gasteiger partial charge >= 0.3 is 0 Å². The molecule has 2 aromatic carbocycles. The molecule has 0 saturated heterocycles. The van der Waals surface area contributed by atoms with E-state index < -0.39 is 10.0 Å². The Hall–Kier alpha value is -2.07. The van der Waals surface area contributed by atoms with Crippen LogP contribution < -0.4 is 0 Å². The van der Waals surface area contributed by atoms with Crippen LogP contribution in [0.15, 0.2) is 71.8 Å². The molecule has 0 unspecified atom stereocenters. The van der Waals surface area contributed by atoms with Gasteiger partial charge in [0.2, 0.25) is 0 Å². The Morgan fingerprint density at radius 3 is 2.39 bits per heavy atom. The summed E-state index contributed by atoms with van der Waals surface area (Å²) in [4.78, 5) is 0.362. The van der Waals surface area contributed by atoms with E-state index in [1.54, 1.807) is 18.3 Å². The van der Waals surface area contributed by atoms with E-state index in [2.05, 4.69) is 18.2 Å². The Morgan fingerprint density at radius 2 is 1.74 bits per heavy atom. The molecule has 118 valence electrons. The Morgan fingerprint density at radius 1 is 1.04 bits per heavy atom. The molecule has 4 rings (SSSR count). The van der Waals surface area contributed by atoms with E-state index >= 15 is 0 Å². The van der Waals surface area contributed by atoms with Gasteiger partial charge < -0.3 is 0 Å². The quantitative estimate of drug-likeness (QED) is 0.866. The minimum atomic E-state index is -3.45. The van der Waals surface area contributed by atoms with Crippen molar-refractivity contribution in [2.45, 2.75) is 23.7 Å². The molecule has 1 saturated carbocycles. The maximum Gasteiger partial charge on any atom is 0.263 e. The van der Waals surface area contributed by atoms with E-state index in [1.165, 1.54) is 9.87 Å². The van der Waals surface area contributed by atoms with Crippen molar-refractivity contribution in [2.75, 3.05) is 6.54 Å². The van der Waals surface area contributed by atoms with Crippen molar-refractivity contribution in [1.29, 1.82) is 0 Å². The average Bonchev–Trinajstić information content (AvgIpc) is 3.31. The summed E-state index contributed by atoms with van der Waals surface area (Å²) in [5.41, 5.74) is 2.39. The summed E-state index contributed by atoms with van der Waals surface area (Å²) in [7, 11) is -3.45. The van der Waals surface area contributed by atoms with E-state index in [1.807, 2.05) is 37.3 Å². The van der Waals surface area contributed by atoms with Gasteiger partial charge in [0.25, 0.3) is 10.0 Å². The van der Waals surface area contributed by atoms with Crippen LogP contribution in [0.25, 0.3) is 0 Å². The number of fused-ring (bicyclic) bond motifs is 1. The Balaban J connectivity index is 1.63. The highest BCUT2D eigenvalue weighted by Crippen LogP contribution is 2.57. The largest absolute Gasteiger partial charge is 0.273 e. The molecule has 4 heteroatoms. The molecule has 2 aromatic rings. The van der Waals surface area contributed by atoms with E-state index in [4.69, 9.17) is 0 Å². The van der Waals surface area contributed by atoms with Gasteiger partial charge in [-0.25, -0.2) is 8.42 Å². The topological polar surface area (TPSA) is 37.4 Å². The minimum absolute atomic E-state index is 0.0422. The summed E-state index contributed by atoms with van der Waals surface area (Å²) < 4.78 is 27.1. The van der Waals surface area contributed by atoms with Crippen LogP contribution in [0.5, 0.6) is 0 Å². The summed E-state index contributed by atoms with van der Waals surface area (Å²) in [6, 6.07) is 17.4. The number of benzene rings is 2. The third kappa shape index (κ3) is 2.29. The van der Waals surface area contributed by atoms with Gasteiger partial charge in [-0.1, -0.05) is 54.1 Å². The molecule has 0 amide bonds. The molecule has 3 nitrogen and oxygen atoms in total. The van der Waals surface area contributed by atoms with Gasteiger partial charge in [0.15, 0.2) is 0 Å². The van der Waals surface area contributed by atoms with Crippen LogP contribution in [-0.2, 0) is 15.4 Å². The highest BCUT2D eigenvalue weighted by atomic mass is 32.2. The molecule has 0 radical (unpaired) electrons. The first-order chi connectivity index (χ1) is 11.0. The van der Waals surface area contributed by atoms with E-state index in [0.29, 0.717) is 17.4 Å². The molecule has 2 atom stereocenters. The second-order valence-electron chi connectivity index (χ2n) is 6.51. The van der Waals surface area contributed by atoms with Crippen LogP contribution in [0.1, 0.15) is 17.5 Å². The van der Waals surface area contributed by atoms with Crippen LogP contribution in [0.3, 0.4) is 0 Å². The third-order valence-electron chi connectivity index (χ3n) is 5.03. The van der Waals surface area contributed by atoms with Gasteiger partial charge in [-0.05, 0) is 37.0 Å². The summed E-state index contributed by atoms with van der Waals surface area (Å²) in [5.74, 6) is 0.370. The normalized spacial score (nSPS) is 26.0. The molecule has 1 aliphatic carbocycles. The maximum atomic E-state index is 12.8. The smallest absolute Gasteiger partial charge is 0.263 e. The zero-order valence-corrected chi connectivity index (χ0v) is 13.8. The molecule has 0 N–H and O–H groups in total. The van der Waals surface area contributed by atoms with Gasteiger partial charge in [-0.2, -0.15) is 0 Å². The van der Waals surface area contributed by atoms with Crippen molar-refractivity contribution in [3.8, 4) is 0 Å². The first-order valence-corrected chi connectivity index (χ1v) is 9.30. The number of allylic oxidation sites excluding steroid dienone is 1. The lowest BCUT2D eigenvalue weighted by Crippen LogP contribution is -2.32. The van der Waals surface area contributed by atoms with Crippen molar-refractivity contribution in [3.05, 3.63) is 78.0 Å². The van der Waals surface area contributed by atoms with Gasteiger partial charge in [0.1, 0.15) is 0 Å². The monoisotopic (exact) mass is 325 g/mol. The van der Waals surface area contributed by atoms with Crippen LogP contribution >= 0.6 is 0 Å². The summed E-state index contributed by atoms with van der Waals surface area (Å²) in [5, 5.41) is 0. The fourth-order valence-corrected chi connectivity index (χ4v) is 4.84. The maximum absolute atomic E-state index is 12.8. The summed E-state index contributed by atoms with van der Waals surface area (Å²) in [6.45, 7) is 2.51. The average molecular weight is 325 g/mol. The van der Waals surface area contributed by atoms with Crippen molar-refractivity contribution in [2.24, 2.45) is 5.92 Å². The molecule has 0 aromatic heterocycles. The lowest BCUT2D eigenvalue weighted by Gasteiger charge is -2.27. The number of hydrogen-bond acceptors (Lipinski definition) is 2. The van der Waals surface area contributed by atoms with Crippen LogP contribution in [-0.4, -0.2) is 19.3 Å². The second kappa shape index (κ2) is 4.96. The molecule has 1 heterocycles. The van der Waals surface area contributed by atoms with Crippen molar-refractivity contribution in [1.82, 2.24) is 4.31 Å². The van der Waals surface area contributed by atoms with Gasteiger partial charge in [-0.15, -0.1) is 0 Å². The Kier molecular flexibility index (Phi) is 3.13. The number of sulfonamides is 1. The number of rotatable bonds is 3. The van der Waals surface area contributed by atoms with Crippen LogP contribution in [0.2, 0.25) is 0 Å². The van der Waals surface area contributed by atoms with Crippen molar-refractivity contribution in [3.63, 3.8) is 0 Å². The van der Waals surface area contributed by atoms with Gasteiger partial charge in [0, 0.05) is 18.2 Å². The highest BCUT2D eigenvalue weighted by Gasteiger charge is 2.56. The minimum Gasteiger partial charge on any atom is -0.273 e.